The summed E-state index contributed by atoms with van der Waals surface area (Å²) in [5, 5.41) is 0. The summed E-state index contributed by atoms with van der Waals surface area (Å²) >= 11 is 0. The number of benzene rings is 1. The van der Waals surface area contributed by atoms with Gasteiger partial charge in [-0.1, -0.05) is 6.07 Å². The Morgan fingerprint density at radius 3 is 2.42 bits per heavy atom. The Kier molecular flexibility index (Phi) is 7.22. The van der Waals surface area contributed by atoms with Gasteiger partial charge in [-0.15, -0.1) is 0 Å². The SMILES string of the molecule is CC(=O)c1cc[n+](CCCOc2cccc(C(F)(F)F)c2)cc1.[Cl-]. The maximum Gasteiger partial charge on any atom is 0.416 e. The van der Waals surface area contributed by atoms with E-state index in [1.54, 1.807) is 24.5 Å². The van der Waals surface area contributed by atoms with Crippen LogP contribution in [0, 0.1) is 0 Å². The Morgan fingerprint density at radius 1 is 1.17 bits per heavy atom. The first-order valence-corrected chi connectivity index (χ1v) is 7.16. The third kappa shape index (κ3) is 5.85. The molecule has 0 radical (unpaired) electrons. The predicted octanol–water partition coefficient (Wildman–Crippen LogP) is 0.669. The van der Waals surface area contributed by atoms with Gasteiger partial charge in [0.1, 0.15) is 5.75 Å². The van der Waals surface area contributed by atoms with Crippen LogP contribution in [0.3, 0.4) is 0 Å². The maximum absolute atomic E-state index is 12.6. The second-order valence-corrected chi connectivity index (χ2v) is 5.11. The van der Waals surface area contributed by atoms with Gasteiger partial charge in [0.15, 0.2) is 24.7 Å². The monoisotopic (exact) mass is 359 g/mol. The number of halogens is 4. The van der Waals surface area contributed by atoms with Crippen molar-refractivity contribution >= 4 is 5.78 Å². The summed E-state index contributed by atoms with van der Waals surface area (Å²) in [6.45, 7) is 2.46. The molecule has 1 aromatic heterocycles. The van der Waals surface area contributed by atoms with E-state index in [0.717, 1.165) is 12.1 Å². The molecule has 24 heavy (non-hydrogen) atoms. The van der Waals surface area contributed by atoms with Crippen molar-refractivity contribution in [3.8, 4) is 5.75 Å². The Morgan fingerprint density at radius 2 is 1.83 bits per heavy atom. The summed E-state index contributed by atoms with van der Waals surface area (Å²) in [6.07, 6.45) is -0.143. The number of nitrogens with zero attached hydrogens (tertiary/aromatic N) is 1. The van der Waals surface area contributed by atoms with Crippen LogP contribution in [0.4, 0.5) is 13.2 Å². The Balaban J connectivity index is 0.00000288. The molecule has 0 bridgehead atoms. The van der Waals surface area contributed by atoms with E-state index < -0.39 is 11.7 Å². The molecule has 1 heterocycles. The fourth-order valence-corrected chi connectivity index (χ4v) is 2.04. The number of carbonyl (C=O) groups is 1. The number of ether oxygens (including phenoxy) is 1. The molecule has 1 aromatic carbocycles. The van der Waals surface area contributed by atoms with Gasteiger partial charge in [-0.05, 0) is 25.1 Å². The Bertz CT molecular complexity index is 672. The average molecular weight is 360 g/mol. The molecule has 0 spiro atoms. The van der Waals surface area contributed by atoms with E-state index in [1.807, 2.05) is 4.57 Å². The quantitative estimate of drug-likeness (QED) is 0.431. The number of aryl methyl sites for hydroxylation is 1. The minimum atomic E-state index is -4.37. The van der Waals surface area contributed by atoms with Crippen molar-refractivity contribution in [1.29, 1.82) is 0 Å². The molecule has 2 aromatic rings. The standard InChI is InChI=1S/C17H17F3NO2.ClH/c1-13(22)14-6-9-21(10-7-14)8-3-11-23-16-5-2-4-15(12-16)17(18,19)20;/h2,4-7,9-10,12H,3,8,11H2,1H3;1H/q+1;/p-1. The van der Waals surface area contributed by atoms with Crippen molar-refractivity contribution in [3.05, 3.63) is 59.9 Å². The molecule has 0 amide bonds. The second-order valence-electron chi connectivity index (χ2n) is 5.11. The summed E-state index contributed by atoms with van der Waals surface area (Å²) in [6, 6.07) is 8.30. The summed E-state index contributed by atoms with van der Waals surface area (Å²) in [7, 11) is 0. The van der Waals surface area contributed by atoms with E-state index in [0.29, 0.717) is 25.1 Å². The lowest BCUT2D eigenvalue weighted by Crippen LogP contribution is -3.00. The molecular weight excluding hydrogens is 343 g/mol. The number of pyridine rings is 1. The lowest BCUT2D eigenvalue weighted by molar-refractivity contribution is -0.697. The van der Waals surface area contributed by atoms with E-state index in [4.69, 9.17) is 4.74 Å². The van der Waals surface area contributed by atoms with Gasteiger partial charge >= 0.3 is 6.18 Å². The fraction of sp³-hybridized carbons (Fsp3) is 0.294. The zero-order valence-corrected chi connectivity index (χ0v) is 13.8. The number of hydrogen-bond acceptors (Lipinski definition) is 2. The van der Waals surface area contributed by atoms with Crippen LogP contribution >= 0.6 is 0 Å². The summed E-state index contributed by atoms with van der Waals surface area (Å²) < 4.78 is 45.0. The van der Waals surface area contributed by atoms with Crippen molar-refractivity contribution in [2.24, 2.45) is 0 Å². The van der Waals surface area contributed by atoms with Crippen molar-refractivity contribution in [2.75, 3.05) is 6.61 Å². The average Bonchev–Trinajstić information content (AvgIpc) is 2.51. The molecule has 0 aliphatic carbocycles. The van der Waals surface area contributed by atoms with Gasteiger partial charge in [-0.2, -0.15) is 13.2 Å². The minimum Gasteiger partial charge on any atom is -1.00 e. The van der Waals surface area contributed by atoms with E-state index in [-0.39, 0.29) is 23.9 Å². The molecule has 0 aliphatic heterocycles. The molecule has 0 saturated heterocycles. The van der Waals surface area contributed by atoms with Crippen LogP contribution in [0.5, 0.6) is 5.75 Å². The number of hydrogen-bond donors (Lipinski definition) is 0. The van der Waals surface area contributed by atoms with Crippen LogP contribution < -0.4 is 21.7 Å². The number of Topliss-reactive ketones (excluding diaryl/α,β-unsaturated/α-hetero) is 1. The Labute approximate surface area is 144 Å². The van der Waals surface area contributed by atoms with E-state index in [9.17, 15) is 18.0 Å². The number of ketones is 1. The molecule has 0 saturated carbocycles. The largest absolute Gasteiger partial charge is 1.00 e. The van der Waals surface area contributed by atoms with Crippen molar-refractivity contribution < 1.29 is 39.7 Å². The molecule has 7 heteroatoms. The van der Waals surface area contributed by atoms with E-state index in [2.05, 4.69) is 0 Å². The van der Waals surface area contributed by atoms with Crippen LogP contribution in [-0.4, -0.2) is 12.4 Å². The van der Waals surface area contributed by atoms with Crippen LogP contribution in [-0.2, 0) is 12.7 Å². The van der Waals surface area contributed by atoms with Gasteiger partial charge in [0.2, 0.25) is 0 Å². The number of carbonyl (C=O) groups excluding carboxylic acids is 1. The van der Waals surface area contributed by atoms with Gasteiger partial charge in [-0.25, -0.2) is 4.57 Å². The van der Waals surface area contributed by atoms with Gasteiger partial charge in [0.25, 0.3) is 0 Å². The summed E-state index contributed by atoms with van der Waals surface area (Å²) in [5.74, 6) is 0.210. The Hall–Kier alpha value is -2.08. The second kappa shape index (κ2) is 8.68. The lowest BCUT2D eigenvalue weighted by Gasteiger charge is -2.09. The van der Waals surface area contributed by atoms with Crippen molar-refractivity contribution in [1.82, 2.24) is 0 Å². The topological polar surface area (TPSA) is 30.2 Å². The minimum absolute atomic E-state index is 0. The molecular formula is C17H17ClF3NO2. The molecule has 0 fully saturated rings. The van der Waals surface area contributed by atoms with Crippen LogP contribution in [0.25, 0.3) is 0 Å². The van der Waals surface area contributed by atoms with Crippen LogP contribution in [0.15, 0.2) is 48.8 Å². The highest BCUT2D eigenvalue weighted by molar-refractivity contribution is 5.93. The smallest absolute Gasteiger partial charge is 0.416 e. The number of rotatable bonds is 6. The van der Waals surface area contributed by atoms with E-state index >= 15 is 0 Å². The van der Waals surface area contributed by atoms with Crippen molar-refractivity contribution in [2.45, 2.75) is 26.1 Å². The van der Waals surface area contributed by atoms with Gasteiger partial charge in [-0.3, -0.25) is 4.79 Å². The molecule has 0 atom stereocenters. The zero-order valence-electron chi connectivity index (χ0n) is 13.0. The molecule has 130 valence electrons. The third-order valence-corrected chi connectivity index (χ3v) is 3.29. The normalized spacial score (nSPS) is 10.8. The van der Waals surface area contributed by atoms with Crippen molar-refractivity contribution in [3.63, 3.8) is 0 Å². The summed E-state index contributed by atoms with van der Waals surface area (Å²) in [4.78, 5) is 11.2. The first kappa shape index (κ1) is 20.0. The first-order chi connectivity index (χ1) is 10.9. The van der Waals surface area contributed by atoms with Crippen LogP contribution in [0.2, 0.25) is 0 Å². The number of aromatic nitrogens is 1. The molecule has 0 aliphatic rings. The van der Waals surface area contributed by atoms with Gasteiger partial charge in [0, 0.05) is 24.1 Å². The third-order valence-electron chi connectivity index (χ3n) is 3.29. The maximum atomic E-state index is 12.6. The molecule has 2 rings (SSSR count). The highest BCUT2D eigenvalue weighted by atomic mass is 35.5. The lowest BCUT2D eigenvalue weighted by atomic mass is 10.2. The highest BCUT2D eigenvalue weighted by Gasteiger charge is 2.30. The zero-order chi connectivity index (χ0) is 16.9. The van der Waals surface area contributed by atoms with E-state index in [1.165, 1.54) is 19.1 Å². The first-order valence-electron chi connectivity index (χ1n) is 7.16. The summed E-state index contributed by atoms with van der Waals surface area (Å²) in [5.41, 5.74) is -0.0781. The van der Waals surface area contributed by atoms with Gasteiger partial charge < -0.3 is 17.1 Å². The highest BCUT2D eigenvalue weighted by Crippen LogP contribution is 2.31. The molecule has 3 nitrogen and oxygen atoms in total. The van der Waals surface area contributed by atoms with Crippen LogP contribution in [0.1, 0.15) is 29.3 Å². The number of alkyl halides is 3. The molecule has 0 N–H and O–H groups in total. The predicted molar refractivity (Wildman–Crippen MR) is 78.2 cm³/mol. The van der Waals surface area contributed by atoms with Gasteiger partial charge in [0.05, 0.1) is 12.2 Å². The molecule has 0 unspecified atom stereocenters. The fourth-order valence-electron chi connectivity index (χ4n) is 2.04.